The van der Waals surface area contributed by atoms with Crippen molar-refractivity contribution in [1.29, 1.82) is 0 Å². The fourth-order valence-electron chi connectivity index (χ4n) is 0.792. The molecule has 3 nitrogen and oxygen atoms in total. The van der Waals surface area contributed by atoms with Crippen molar-refractivity contribution >= 4 is 34.8 Å². The summed E-state index contributed by atoms with van der Waals surface area (Å²) >= 11 is 10.9. The average Bonchev–Trinajstić information content (AvgIpc) is 2.11. The Kier molecular flexibility index (Phi) is 3.39. The SMILES string of the molecule is O=C(CCl)Nc1cc(Cl)ccc1O. The number of anilines is 1. The van der Waals surface area contributed by atoms with Crippen LogP contribution in [0.25, 0.3) is 0 Å². The molecule has 0 aliphatic heterocycles. The van der Waals surface area contributed by atoms with Gasteiger partial charge in [0.25, 0.3) is 0 Å². The molecule has 0 fully saturated rings. The molecule has 0 bridgehead atoms. The summed E-state index contributed by atoms with van der Waals surface area (Å²) in [6.45, 7) is 0. The first-order chi connectivity index (χ1) is 6.13. The van der Waals surface area contributed by atoms with E-state index in [1.807, 2.05) is 0 Å². The Morgan fingerprint density at radius 3 is 2.85 bits per heavy atom. The summed E-state index contributed by atoms with van der Waals surface area (Å²) in [7, 11) is 0. The van der Waals surface area contributed by atoms with Crippen LogP contribution in [0, 0.1) is 0 Å². The van der Waals surface area contributed by atoms with Crippen molar-refractivity contribution in [1.82, 2.24) is 0 Å². The van der Waals surface area contributed by atoms with E-state index in [0.717, 1.165) is 0 Å². The quantitative estimate of drug-likeness (QED) is 0.593. The van der Waals surface area contributed by atoms with E-state index in [-0.39, 0.29) is 23.2 Å². The molecule has 0 radical (unpaired) electrons. The Hall–Kier alpha value is -0.930. The van der Waals surface area contributed by atoms with Crippen LogP contribution in [-0.4, -0.2) is 16.9 Å². The minimum absolute atomic E-state index is 0.0390. The zero-order valence-electron chi connectivity index (χ0n) is 6.55. The van der Waals surface area contributed by atoms with Gasteiger partial charge in [0.15, 0.2) is 0 Å². The molecule has 0 unspecified atom stereocenters. The van der Waals surface area contributed by atoms with Gasteiger partial charge >= 0.3 is 0 Å². The van der Waals surface area contributed by atoms with Crippen LogP contribution in [0.15, 0.2) is 18.2 Å². The zero-order chi connectivity index (χ0) is 9.84. The number of aromatic hydroxyl groups is 1. The summed E-state index contributed by atoms with van der Waals surface area (Å²) in [6, 6.07) is 4.36. The minimum Gasteiger partial charge on any atom is -0.506 e. The van der Waals surface area contributed by atoms with E-state index in [0.29, 0.717) is 5.02 Å². The maximum atomic E-state index is 10.8. The Labute approximate surface area is 85.3 Å². The maximum absolute atomic E-state index is 10.8. The number of phenolic OH excluding ortho intramolecular Hbond substituents is 1. The van der Waals surface area contributed by atoms with E-state index in [9.17, 15) is 9.90 Å². The number of halogens is 2. The van der Waals surface area contributed by atoms with Crippen molar-refractivity contribution < 1.29 is 9.90 Å². The third-order valence-corrected chi connectivity index (χ3v) is 1.83. The molecule has 0 atom stereocenters. The number of phenols is 1. The molecule has 0 heterocycles. The molecule has 70 valence electrons. The molecule has 2 N–H and O–H groups in total. The highest BCUT2D eigenvalue weighted by Crippen LogP contribution is 2.26. The van der Waals surface area contributed by atoms with Gasteiger partial charge in [-0.25, -0.2) is 0 Å². The van der Waals surface area contributed by atoms with Crippen molar-refractivity contribution in [2.75, 3.05) is 11.2 Å². The van der Waals surface area contributed by atoms with Crippen molar-refractivity contribution in [3.05, 3.63) is 23.2 Å². The number of hydrogen-bond donors (Lipinski definition) is 2. The topological polar surface area (TPSA) is 49.3 Å². The second kappa shape index (κ2) is 4.35. The van der Waals surface area contributed by atoms with Gasteiger partial charge in [-0.05, 0) is 18.2 Å². The fourth-order valence-corrected chi connectivity index (χ4v) is 1.03. The van der Waals surface area contributed by atoms with E-state index in [4.69, 9.17) is 23.2 Å². The highest BCUT2D eigenvalue weighted by Gasteiger charge is 2.05. The Morgan fingerprint density at radius 2 is 2.23 bits per heavy atom. The molecular formula is C8H7Cl2NO2. The van der Waals surface area contributed by atoms with Crippen LogP contribution < -0.4 is 5.32 Å². The molecule has 1 aromatic rings. The van der Waals surface area contributed by atoms with E-state index < -0.39 is 0 Å². The standard InChI is InChI=1S/C8H7Cl2NO2/c9-4-8(13)11-6-3-5(10)1-2-7(6)12/h1-3,12H,4H2,(H,11,13). The van der Waals surface area contributed by atoms with Crippen molar-refractivity contribution in [2.45, 2.75) is 0 Å². The smallest absolute Gasteiger partial charge is 0.239 e. The first kappa shape index (κ1) is 10.2. The second-order valence-electron chi connectivity index (χ2n) is 2.34. The van der Waals surface area contributed by atoms with Crippen molar-refractivity contribution in [3.8, 4) is 5.75 Å². The van der Waals surface area contributed by atoms with Gasteiger partial charge < -0.3 is 10.4 Å². The molecule has 1 rings (SSSR count). The number of nitrogens with one attached hydrogen (secondary N) is 1. The van der Waals surface area contributed by atoms with Crippen molar-refractivity contribution in [2.24, 2.45) is 0 Å². The van der Waals surface area contributed by atoms with E-state index in [2.05, 4.69) is 5.32 Å². The summed E-state index contributed by atoms with van der Waals surface area (Å²) in [4.78, 5) is 10.8. The predicted molar refractivity (Wildman–Crippen MR) is 52.5 cm³/mol. The van der Waals surface area contributed by atoms with E-state index >= 15 is 0 Å². The van der Waals surface area contributed by atoms with Crippen LogP contribution in [0.3, 0.4) is 0 Å². The predicted octanol–water partition coefficient (Wildman–Crippen LogP) is 2.22. The number of carbonyl (C=O) groups excluding carboxylic acids is 1. The lowest BCUT2D eigenvalue weighted by Crippen LogP contribution is -2.12. The summed E-state index contributed by atoms with van der Waals surface area (Å²) in [5.41, 5.74) is 0.262. The molecule has 0 saturated heterocycles. The molecule has 0 saturated carbocycles. The van der Waals surface area contributed by atoms with Crippen molar-refractivity contribution in [3.63, 3.8) is 0 Å². The third-order valence-electron chi connectivity index (χ3n) is 1.35. The van der Waals surface area contributed by atoms with Crippen LogP contribution in [0.4, 0.5) is 5.69 Å². The molecule has 0 aliphatic carbocycles. The maximum Gasteiger partial charge on any atom is 0.239 e. The van der Waals surface area contributed by atoms with E-state index in [1.165, 1.54) is 18.2 Å². The molecule has 13 heavy (non-hydrogen) atoms. The van der Waals surface area contributed by atoms with Gasteiger partial charge in [-0.2, -0.15) is 0 Å². The number of hydrogen-bond acceptors (Lipinski definition) is 2. The highest BCUT2D eigenvalue weighted by atomic mass is 35.5. The summed E-state index contributed by atoms with van der Waals surface area (Å²) in [6.07, 6.45) is 0. The highest BCUT2D eigenvalue weighted by molar-refractivity contribution is 6.31. The first-order valence-corrected chi connectivity index (χ1v) is 4.39. The molecular weight excluding hydrogens is 213 g/mol. The van der Waals surface area contributed by atoms with Gasteiger partial charge in [0.1, 0.15) is 11.6 Å². The third kappa shape index (κ3) is 2.79. The monoisotopic (exact) mass is 219 g/mol. The van der Waals surface area contributed by atoms with E-state index in [1.54, 1.807) is 0 Å². The first-order valence-electron chi connectivity index (χ1n) is 3.48. The fraction of sp³-hybridized carbons (Fsp3) is 0.125. The number of benzene rings is 1. The molecule has 5 heteroatoms. The lowest BCUT2D eigenvalue weighted by atomic mass is 10.3. The Balaban J connectivity index is 2.87. The van der Waals surface area contributed by atoms with Gasteiger partial charge in [0.05, 0.1) is 5.69 Å². The van der Waals surface area contributed by atoms with Crippen LogP contribution in [0.5, 0.6) is 5.75 Å². The normalized spacial score (nSPS) is 9.69. The van der Waals surface area contributed by atoms with Crippen LogP contribution in [0.2, 0.25) is 5.02 Å². The second-order valence-corrected chi connectivity index (χ2v) is 3.05. The van der Waals surface area contributed by atoms with Gasteiger partial charge in [0, 0.05) is 5.02 Å². The Morgan fingerprint density at radius 1 is 1.54 bits per heavy atom. The van der Waals surface area contributed by atoms with Crippen LogP contribution in [-0.2, 0) is 4.79 Å². The zero-order valence-corrected chi connectivity index (χ0v) is 8.06. The molecule has 0 spiro atoms. The summed E-state index contributed by atoms with van der Waals surface area (Å²) < 4.78 is 0. The number of amides is 1. The molecule has 0 aliphatic rings. The molecule has 1 amide bonds. The van der Waals surface area contributed by atoms with Crippen LogP contribution >= 0.6 is 23.2 Å². The largest absolute Gasteiger partial charge is 0.506 e. The average molecular weight is 220 g/mol. The lowest BCUT2D eigenvalue weighted by Gasteiger charge is -2.05. The number of alkyl halides is 1. The van der Waals surface area contributed by atoms with Gasteiger partial charge in [-0.15, -0.1) is 11.6 Å². The van der Waals surface area contributed by atoms with Crippen LogP contribution in [0.1, 0.15) is 0 Å². The Bertz CT molecular complexity index is 328. The number of rotatable bonds is 2. The number of carbonyl (C=O) groups is 1. The van der Waals surface area contributed by atoms with Gasteiger partial charge in [0.2, 0.25) is 5.91 Å². The summed E-state index contributed by atoms with van der Waals surface area (Å²) in [5, 5.41) is 12.1. The lowest BCUT2D eigenvalue weighted by molar-refractivity contribution is -0.113. The molecule has 1 aromatic carbocycles. The summed E-state index contributed by atoms with van der Waals surface area (Å²) in [5.74, 6) is -0.589. The minimum atomic E-state index is -0.390. The van der Waals surface area contributed by atoms with Gasteiger partial charge in [-0.3, -0.25) is 4.79 Å². The van der Waals surface area contributed by atoms with Gasteiger partial charge in [-0.1, -0.05) is 11.6 Å². The molecule has 0 aromatic heterocycles.